The van der Waals surface area contributed by atoms with E-state index in [0.29, 0.717) is 39.5 Å². The summed E-state index contributed by atoms with van der Waals surface area (Å²) in [5.41, 5.74) is 2.84. The number of ether oxygens (including phenoxy) is 3. The summed E-state index contributed by atoms with van der Waals surface area (Å²) in [5.74, 6) is 1.64. The minimum atomic E-state index is -0.280. The van der Waals surface area contributed by atoms with Crippen LogP contribution in [0.1, 0.15) is 16.1 Å². The Hall–Kier alpha value is -3.55. The summed E-state index contributed by atoms with van der Waals surface area (Å²) in [4.78, 5) is 17.1. The van der Waals surface area contributed by atoms with E-state index in [9.17, 15) is 4.79 Å². The summed E-state index contributed by atoms with van der Waals surface area (Å²) < 4.78 is 16.6. The average molecular weight is 481 g/mol. The molecule has 1 N–H and O–H groups in total. The number of benzene rings is 3. The van der Waals surface area contributed by atoms with E-state index in [4.69, 9.17) is 25.8 Å². The Morgan fingerprint density at radius 3 is 2.42 bits per heavy atom. The number of anilines is 1. The van der Waals surface area contributed by atoms with Crippen molar-refractivity contribution in [3.8, 4) is 27.8 Å². The number of carbonyl (C=O) groups excluding carboxylic acids is 1. The molecule has 0 aliphatic rings. The Morgan fingerprint density at radius 1 is 0.970 bits per heavy atom. The summed E-state index contributed by atoms with van der Waals surface area (Å²) in [6.07, 6.45) is 0. The standard InChI is InChI=1S/C25H21ClN2O4S/c1-30-20-10-8-19(9-11-20)27-24(29)21-15-33-25(28-21)17-5-12-22(23(13-17)31-2)32-14-16-3-6-18(26)7-4-16/h3-13,15H,14H2,1-2H3,(H,27,29). The highest BCUT2D eigenvalue weighted by Gasteiger charge is 2.14. The number of hydrogen-bond donors (Lipinski definition) is 1. The normalized spacial score (nSPS) is 10.5. The summed E-state index contributed by atoms with van der Waals surface area (Å²) >= 11 is 7.31. The van der Waals surface area contributed by atoms with Crippen LogP contribution in [0.25, 0.3) is 10.6 Å². The Labute approximate surface area is 200 Å². The molecule has 1 aromatic heterocycles. The number of amides is 1. The van der Waals surface area contributed by atoms with Gasteiger partial charge in [-0.3, -0.25) is 4.79 Å². The fourth-order valence-electron chi connectivity index (χ4n) is 3.04. The van der Waals surface area contributed by atoms with Gasteiger partial charge in [0.25, 0.3) is 5.91 Å². The van der Waals surface area contributed by atoms with Gasteiger partial charge in [0, 0.05) is 21.7 Å². The molecule has 0 saturated heterocycles. The predicted molar refractivity (Wildman–Crippen MR) is 131 cm³/mol. The highest BCUT2D eigenvalue weighted by Crippen LogP contribution is 2.34. The first-order chi connectivity index (χ1) is 16.1. The van der Waals surface area contributed by atoms with E-state index in [2.05, 4.69) is 10.3 Å². The molecule has 0 unspecified atom stereocenters. The van der Waals surface area contributed by atoms with Gasteiger partial charge < -0.3 is 19.5 Å². The molecule has 1 amide bonds. The van der Waals surface area contributed by atoms with E-state index in [1.54, 1.807) is 43.9 Å². The van der Waals surface area contributed by atoms with E-state index in [-0.39, 0.29) is 5.91 Å². The number of nitrogens with zero attached hydrogens (tertiary/aromatic N) is 1. The van der Waals surface area contributed by atoms with E-state index >= 15 is 0 Å². The third kappa shape index (κ3) is 5.63. The first-order valence-electron chi connectivity index (χ1n) is 10.0. The van der Waals surface area contributed by atoms with Crippen LogP contribution < -0.4 is 19.5 Å². The van der Waals surface area contributed by atoms with Gasteiger partial charge in [0.05, 0.1) is 14.2 Å². The molecule has 0 bridgehead atoms. The topological polar surface area (TPSA) is 69.7 Å². The lowest BCUT2D eigenvalue weighted by Gasteiger charge is -2.12. The first kappa shape index (κ1) is 22.6. The van der Waals surface area contributed by atoms with Crippen LogP contribution in [0.5, 0.6) is 17.2 Å². The predicted octanol–water partition coefficient (Wildman–Crippen LogP) is 6.31. The Bertz CT molecular complexity index is 1240. The number of hydrogen-bond acceptors (Lipinski definition) is 6. The van der Waals surface area contributed by atoms with E-state index in [0.717, 1.165) is 16.9 Å². The van der Waals surface area contributed by atoms with Crippen LogP contribution >= 0.6 is 22.9 Å². The van der Waals surface area contributed by atoms with Gasteiger partial charge in [-0.25, -0.2) is 4.98 Å². The zero-order valence-electron chi connectivity index (χ0n) is 18.0. The quantitative estimate of drug-likeness (QED) is 0.320. The third-order valence-electron chi connectivity index (χ3n) is 4.80. The Morgan fingerprint density at radius 2 is 1.73 bits per heavy atom. The molecule has 1 heterocycles. The van der Waals surface area contributed by atoms with Crippen molar-refractivity contribution in [2.75, 3.05) is 19.5 Å². The van der Waals surface area contributed by atoms with Crippen molar-refractivity contribution < 1.29 is 19.0 Å². The zero-order chi connectivity index (χ0) is 23.2. The van der Waals surface area contributed by atoms with Crippen LogP contribution in [0, 0.1) is 0 Å². The molecule has 0 radical (unpaired) electrons. The summed E-state index contributed by atoms with van der Waals surface area (Å²) in [5, 5.41) is 5.95. The van der Waals surface area contributed by atoms with E-state index in [1.807, 2.05) is 42.5 Å². The molecular weight excluding hydrogens is 460 g/mol. The summed E-state index contributed by atoms with van der Waals surface area (Å²) in [6.45, 7) is 0.389. The zero-order valence-corrected chi connectivity index (χ0v) is 19.6. The van der Waals surface area contributed by atoms with Crippen LogP contribution in [0.3, 0.4) is 0 Å². The van der Waals surface area contributed by atoms with Gasteiger partial charge in [-0.1, -0.05) is 23.7 Å². The third-order valence-corrected chi connectivity index (χ3v) is 5.95. The molecule has 4 aromatic rings. The lowest BCUT2D eigenvalue weighted by Crippen LogP contribution is -2.12. The summed E-state index contributed by atoms with van der Waals surface area (Å²) in [6, 6.07) is 20.2. The second-order valence-corrected chi connectivity index (χ2v) is 8.30. The molecule has 0 saturated carbocycles. The van der Waals surface area contributed by atoms with Crippen molar-refractivity contribution in [1.29, 1.82) is 0 Å². The number of rotatable bonds is 8. The molecular formula is C25H21ClN2O4S. The number of thiazole rings is 1. The van der Waals surface area contributed by atoms with Gasteiger partial charge in [0.15, 0.2) is 11.5 Å². The molecule has 6 nitrogen and oxygen atoms in total. The number of halogens is 1. The molecule has 0 atom stereocenters. The molecule has 0 aliphatic carbocycles. The van der Waals surface area contributed by atoms with Crippen molar-refractivity contribution in [2.45, 2.75) is 6.61 Å². The fourth-order valence-corrected chi connectivity index (χ4v) is 3.96. The van der Waals surface area contributed by atoms with Crippen LogP contribution in [-0.2, 0) is 6.61 Å². The second-order valence-electron chi connectivity index (χ2n) is 7.00. The largest absolute Gasteiger partial charge is 0.497 e. The molecule has 0 spiro atoms. The molecule has 8 heteroatoms. The van der Waals surface area contributed by atoms with Gasteiger partial charge in [-0.15, -0.1) is 11.3 Å². The maximum Gasteiger partial charge on any atom is 0.275 e. The van der Waals surface area contributed by atoms with Crippen LogP contribution in [0.15, 0.2) is 72.1 Å². The lowest BCUT2D eigenvalue weighted by molar-refractivity contribution is 0.102. The van der Waals surface area contributed by atoms with Crippen LogP contribution in [0.2, 0.25) is 5.02 Å². The van der Waals surface area contributed by atoms with Crippen molar-refractivity contribution >= 4 is 34.5 Å². The van der Waals surface area contributed by atoms with Gasteiger partial charge in [0.2, 0.25) is 0 Å². The first-order valence-corrected chi connectivity index (χ1v) is 11.3. The molecule has 4 rings (SSSR count). The maximum absolute atomic E-state index is 12.6. The van der Waals surface area contributed by atoms with E-state index < -0.39 is 0 Å². The van der Waals surface area contributed by atoms with Crippen LogP contribution in [0.4, 0.5) is 5.69 Å². The monoisotopic (exact) mass is 480 g/mol. The minimum absolute atomic E-state index is 0.280. The highest BCUT2D eigenvalue weighted by atomic mass is 35.5. The SMILES string of the molecule is COc1ccc(NC(=O)c2csc(-c3ccc(OCc4ccc(Cl)cc4)c(OC)c3)n2)cc1. The van der Waals surface area contributed by atoms with Crippen molar-refractivity contribution in [1.82, 2.24) is 4.98 Å². The van der Waals surface area contributed by atoms with Gasteiger partial charge in [0.1, 0.15) is 23.1 Å². The van der Waals surface area contributed by atoms with Crippen molar-refractivity contribution in [3.63, 3.8) is 0 Å². The number of methoxy groups -OCH3 is 2. The summed E-state index contributed by atoms with van der Waals surface area (Å²) in [7, 11) is 3.18. The fraction of sp³-hybridized carbons (Fsp3) is 0.120. The van der Waals surface area contributed by atoms with Crippen molar-refractivity contribution in [2.24, 2.45) is 0 Å². The molecule has 168 valence electrons. The van der Waals surface area contributed by atoms with Gasteiger partial charge >= 0.3 is 0 Å². The Kier molecular flexibility index (Phi) is 7.12. The lowest BCUT2D eigenvalue weighted by atomic mass is 10.2. The number of nitrogens with one attached hydrogen (secondary N) is 1. The smallest absolute Gasteiger partial charge is 0.275 e. The molecule has 0 aliphatic heterocycles. The number of carbonyl (C=O) groups is 1. The average Bonchev–Trinajstić information content (AvgIpc) is 3.35. The van der Waals surface area contributed by atoms with Gasteiger partial charge in [-0.05, 0) is 60.2 Å². The van der Waals surface area contributed by atoms with E-state index in [1.165, 1.54) is 11.3 Å². The highest BCUT2D eigenvalue weighted by molar-refractivity contribution is 7.13. The molecule has 3 aromatic carbocycles. The van der Waals surface area contributed by atoms with Gasteiger partial charge in [-0.2, -0.15) is 0 Å². The van der Waals surface area contributed by atoms with Crippen LogP contribution in [-0.4, -0.2) is 25.1 Å². The Balaban J connectivity index is 1.45. The maximum atomic E-state index is 12.6. The molecule has 33 heavy (non-hydrogen) atoms. The minimum Gasteiger partial charge on any atom is -0.497 e. The van der Waals surface area contributed by atoms with Crippen molar-refractivity contribution in [3.05, 3.63) is 88.4 Å². The molecule has 0 fully saturated rings. The second kappa shape index (κ2) is 10.4. The number of aromatic nitrogens is 1.